The lowest BCUT2D eigenvalue weighted by Crippen LogP contribution is -2.10. The molecule has 0 fully saturated rings. The number of aliphatic carboxylic acids is 1. The Kier molecular flexibility index (Phi) is 4.51. The fraction of sp³-hybridized carbons (Fsp3) is 0.308. The lowest BCUT2D eigenvalue weighted by molar-refractivity contribution is -0.136. The first-order valence-electron chi connectivity index (χ1n) is 6.06. The Morgan fingerprint density at radius 2 is 2.20 bits per heavy atom. The van der Waals surface area contributed by atoms with Gasteiger partial charge in [0, 0.05) is 10.3 Å². The van der Waals surface area contributed by atoms with Gasteiger partial charge in [-0.25, -0.2) is 4.98 Å². The Labute approximate surface area is 124 Å². The molecule has 0 aromatic carbocycles. The Balaban J connectivity index is 2.07. The number of hydrogen-bond donors (Lipinski definition) is 2. The Morgan fingerprint density at radius 3 is 2.80 bits per heavy atom. The second kappa shape index (κ2) is 6.15. The second-order valence-corrected chi connectivity index (χ2v) is 6.33. The zero-order valence-electron chi connectivity index (χ0n) is 11.1. The van der Waals surface area contributed by atoms with Crippen LogP contribution < -0.4 is 5.32 Å². The zero-order chi connectivity index (χ0) is 14.7. The smallest absolute Gasteiger partial charge is 0.309 e. The quantitative estimate of drug-likeness (QED) is 0.890. The first kappa shape index (κ1) is 14.7. The van der Waals surface area contributed by atoms with E-state index in [9.17, 15) is 9.59 Å². The van der Waals surface area contributed by atoms with Gasteiger partial charge in [-0.05, 0) is 25.0 Å². The molecule has 0 unspecified atom stereocenters. The van der Waals surface area contributed by atoms with Gasteiger partial charge in [0.05, 0.1) is 17.0 Å². The van der Waals surface area contributed by atoms with Crippen LogP contribution in [-0.2, 0) is 17.6 Å². The lowest BCUT2D eigenvalue weighted by Gasteiger charge is -1.97. The number of amides is 1. The minimum Gasteiger partial charge on any atom is -0.481 e. The summed E-state index contributed by atoms with van der Waals surface area (Å²) in [6, 6.07) is 1.89. The molecule has 2 rings (SSSR count). The Bertz CT molecular complexity index is 646. The summed E-state index contributed by atoms with van der Waals surface area (Å²) < 4.78 is 0. The van der Waals surface area contributed by atoms with Gasteiger partial charge in [0.2, 0.25) is 0 Å². The molecule has 1 amide bonds. The molecule has 0 bridgehead atoms. The molecule has 0 radical (unpaired) electrons. The van der Waals surface area contributed by atoms with Crippen molar-refractivity contribution < 1.29 is 14.7 Å². The van der Waals surface area contributed by atoms with Gasteiger partial charge in [-0.15, -0.1) is 22.7 Å². The highest BCUT2D eigenvalue weighted by Gasteiger charge is 2.14. The van der Waals surface area contributed by atoms with Crippen LogP contribution in [0, 0.1) is 6.92 Å². The molecule has 0 saturated heterocycles. The molecule has 2 N–H and O–H groups in total. The van der Waals surface area contributed by atoms with Gasteiger partial charge < -0.3 is 5.11 Å². The number of anilines is 1. The molecule has 0 atom stereocenters. The van der Waals surface area contributed by atoms with E-state index in [2.05, 4.69) is 17.2 Å². The van der Waals surface area contributed by atoms with Crippen molar-refractivity contribution in [1.82, 2.24) is 4.98 Å². The van der Waals surface area contributed by atoms with E-state index in [-0.39, 0.29) is 12.3 Å². The van der Waals surface area contributed by atoms with E-state index in [0.29, 0.717) is 15.7 Å². The molecule has 106 valence electrons. The molecule has 2 aromatic heterocycles. The fourth-order valence-electron chi connectivity index (χ4n) is 1.74. The number of rotatable bonds is 5. The minimum absolute atomic E-state index is 0.134. The molecule has 20 heavy (non-hydrogen) atoms. The molecule has 7 heteroatoms. The van der Waals surface area contributed by atoms with Crippen molar-refractivity contribution in [3.8, 4) is 0 Å². The Morgan fingerprint density at radius 1 is 1.45 bits per heavy atom. The zero-order valence-corrected chi connectivity index (χ0v) is 12.7. The van der Waals surface area contributed by atoms with Crippen LogP contribution in [0.1, 0.15) is 32.7 Å². The molecular formula is C13H14N2O3S2. The molecule has 0 saturated carbocycles. The predicted octanol–water partition coefficient (Wildman–Crippen LogP) is 2.95. The van der Waals surface area contributed by atoms with Gasteiger partial charge in [-0.2, -0.15) is 0 Å². The van der Waals surface area contributed by atoms with Gasteiger partial charge in [0.1, 0.15) is 0 Å². The van der Waals surface area contributed by atoms with E-state index in [1.165, 1.54) is 28.2 Å². The second-order valence-electron chi connectivity index (χ2n) is 4.21. The van der Waals surface area contributed by atoms with E-state index < -0.39 is 5.97 Å². The first-order chi connectivity index (χ1) is 9.49. The molecule has 0 aliphatic carbocycles. The molecular weight excluding hydrogens is 296 g/mol. The van der Waals surface area contributed by atoms with Gasteiger partial charge in [0.15, 0.2) is 5.13 Å². The number of nitrogens with one attached hydrogen (secondary N) is 1. The number of carboxylic acid groups (broad SMARTS) is 1. The summed E-state index contributed by atoms with van der Waals surface area (Å²) in [6.07, 6.45) is 0.764. The van der Waals surface area contributed by atoms with Crippen molar-refractivity contribution in [1.29, 1.82) is 0 Å². The Hall–Kier alpha value is -1.73. The standard InChI is InChI=1S/C13H14N2O3S2/c1-3-8-4-10(20-7(8)2)12(18)15-13-14-9(6-19-13)5-11(16)17/h4,6H,3,5H2,1-2H3,(H,16,17)(H,14,15,18). The summed E-state index contributed by atoms with van der Waals surface area (Å²) in [4.78, 5) is 28.5. The molecule has 0 aliphatic heterocycles. The van der Waals surface area contributed by atoms with Crippen molar-refractivity contribution in [3.63, 3.8) is 0 Å². The minimum atomic E-state index is -0.936. The number of thiophene rings is 1. The van der Waals surface area contributed by atoms with E-state index >= 15 is 0 Å². The summed E-state index contributed by atoms with van der Waals surface area (Å²) >= 11 is 2.68. The number of aryl methyl sites for hydroxylation is 2. The number of nitrogens with zero attached hydrogens (tertiary/aromatic N) is 1. The topological polar surface area (TPSA) is 79.3 Å². The van der Waals surface area contributed by atoms with E-state index in [0.717, 1.165) is 11.3 Å². The number of carbonyl (C=O) groups excluding carboxylic acids is 1. The number of carbonyl (C=O) groups is 2. The predicted molar refractivity (Wildman–Crippen MR) is 79.8 cm³/mol. The van der Waals surface area contributed by atoms with Gasteiger partial charge in [-0.3, -0.25) is 14.9 Å². The highest BCUT2D eigenvalue weighted by molar-refractivity contribution is 7.15. The first-order valence-corrected chi connectivity index (χ1v) is 7.76. The summed E-state index contributed by atoms with van der Waals surface area (Å²) in [7, 11) is 0. The van der Waals surface area contributed by atoms with Crippen LogP contribution in [-0.4, -0.2) is 22.0 Å². The van der Waals surface area contributed by atoms with Crippen LogP contribution in [0.4, 0.5) is 5.13 Å². The maximum absolute atomic E-state index is 12.1. The largest absolute Gasteiger partial charge is 0.481 e. The van der Waals surface area contributed by atoms with Crippen LogP contribution in [0.5, 0.6) is 0 Å². The van der Waals surface area contributed by atoms with Gasteiger partial charge in [-0.1, -0.05) is 6.92 Å². The number of hydrogen-bond acceptors (Lipinski definition) is 5. The van der Waals surface area contributed by atoms with Crippen LogP contribution in [0.15, 0.2) is 11.4 Å². The molecule has 2 aromatic rings. The van der Waals surface area contributed by atoms with Crippen molar-refractivity contribution in [3.05, 3.63) is 32.5 Å². The lowest BCUT2D eigenvalue weighted by atomic mass is 10.2. The maximum atomic E-state index is 12.1. The van der Waals surface area contributed by atoms with Crippen LogP contribution in [0.3, 0.4) is 0 Å². The summed E-state index contributed by atoms with van der Waals surface area (Å²) in [5.41, 5.74) is 1.63. The van der Waals surface area contributed by atoms with Crippen molar-refractivity contribution in [2.45, 2.75) is 26.7 Å². The van der Waals surface area contributed by atoms with Gasteiger partial charge >= 0.3 is 5.97 Å². The molecule has 5 nitrogen and oxygen atoms in total. The van der Waals surface area contributed by atoms with Crippen LogP contribution >= 0.6 is 22.7 Å². The average Bonchev–Trinajstić information content (AvgIpc) is 2.95. The number of thiazole rings is 1. The van der Waals surface area contributed by atoms with Crippen molar-refractivity contribution in [2.24, 2.45) is 0 Å². The third kappa shape index (κ3) is 3.43. The van der Waals surface area contributed by atoms with E-state index in [4.69, 9.17) is 5.11 Å². The normalized spacial score (nSPS) is 10.5. The average molecular weight is 310 g/mol. The summed E-state index contributed by atoms with van der Waals surface area (Å²) in [5.74, 6) is -1.14. The van der Waals surface area contributed by atoms with Crippen molar-refractivity contribution >= 4 is 39.7 Å². The maximum Gasteiger partial charge on any atom is 0.309 e. The number of carboxylic acids is 1. The highest BCUT2D eigenvalue weighted by Crippen LogP contribution is 2.24. The number of aromatic nitrogens is 1. The SMILES string of the molecule is CCc1cc(C(=O)Nc2nc(CC(=O)O)cs2)sc1C. The summed E-state index contributed by atoms with van der Waals surface area (Å²) in [5, 5.41) is 13.4. The molecule has 0 spiro atoms. The van der Waals surface area contributed by atoms with E-state index in [1.807, 2.05) is 13.0 Å². The molecule has 2 heterocycles. The van der Waals surface area contributed by atoms with Crippen molar-refractivity contribution in [2.75, 3.05) is 5.32 Å². The summed E-state index contributed by atoms with van der Waals surface area (Å²) in [6.45, 7) is 4.05. The third-order valence-electron chi connectivity index (χ3n) is 2.73. The van der Waals surface area contributed by atoms with E-state index in [1.54, 1.807) is 5.38 Å². The van der Waals surface area contributed by atoms with Crippen LogP contribution in [0.2, 0.25) is 0 Å². The monoisotopic (exact) mass is 310 g/mol. The van der Waals surface area contributed by atoms with Crippen LogP contribution in [0.25, 0.3) is 0 Å². The van der Waals surface area contributed by atoms with Gasteiger partial charge in [0.25, 0.3) is 5.91 Å². The third-order valence-corrected chi connectivity index (χ3v) is 4.63. The molecule has 0 aliphatic rings. The highest BCUT2D eigenvalue weighted by atomic mass is 32.1. The fourth-order valence-corrected chi connectivity index (χ4v) is 3.46.